The first-order valence-electron chi connectivity index (χ1n) is 7.73. The van der Waals surface area contributed by atoms with Crippen LogP contribution in [-0.2, 0) is 14.8 Å². The molecule has 1 amide bonds. The van der Waals surface area contributed by atoms with Crippen LogP contribution in [0, 0.1) is 5.82 Å². The van der Waals surface area contributed by atoms with E-state index < -0.39 is 27.9 Å². The number of carbonyl (C=O) groups is 1. The molecular formula is C17H17FN2O4S. The van der Waals surface area contributed by atoms with Crippen LogP contribution in [0.2, 0.25) is 0 Å². The van der Waals surface area contributed by atoms with Crippen molar-refractivity contribution >= 4 is 27.3 Å². The molecule has 0 saturated carbocycles. The number of halogens is 1. The molecule has 1 unspecified atom stereocenters. The molecule has 1 N–H and O–H groups in total. The minimum Gasteiger partial charge on any atom is -0.476 e. The predicted octanol–water partition coefficient (Wildman–Crippen LogP) is 2.38. The van der Waals surface area contributed by atoms with Gasteiger partial charge in [0.15, 0.2) is 6.10 Å². The standard InChI is InChI=1S/C17H17FN2O4S/c1-2-25(22,23)20-11-16(24-15-9-4-3-8-14(15)20)17(21)19-13-7-5-6-12(18)10-13/h3-10,16H,2,11H2,1H3,(H,19,21). The van der Waals surface area contributed by atoms with Crippen molar-refractivity contribution in [2.45, 2.75) is 13.0 Å². The van der Waals surface area contributed by atoms with Gasteiger partial charge in [-0.2, -0.15) is 0 Å². The number of anilines is 2. The fourth-order valence-corrected chi connectivity index (χ4v) is 3.67. The Hall–Kier alpha value is -2.61. The quantitative estimate of drug-likeness (QED) is 0.904. The molecule has 6 nitrogen and oxygen atoms in total. The van der Waals surface area contributed by atoms with E-state index in [0.717, 1.165) is 0 Å². The van der Waals surface area contributed by atoms with Gasteiger partial charge in [0.1, 0.15) is 11.6 Å². The maximum Gasteiger partial charge on any atom is 0.267 e. The molecular weight excluding hydrogens is 347 g/mol. The molecule has 0 fully saturated rings. The van der Waals surface area contributed by atoms with E-state index in [-0.39, 0.29) is 18.0 Å². The molecule has 132 valence electrons. The summed E-state index contributed by atoms with van der Waals surface area (Å²) in [6, 6.07) is 12.1. The molecule has 3 rings (SSSR count). The van der Waals surface area contributed by atoms with Crippen molar-refractivity contribution in [1.29, 1.82) is 0 Å². The number of hydrogen-bond acceptors (Lipinski definition) is 4. The average Bonchev–Trinajstić information content (AvgIpc) is 2.60. The summed E-state index contributed by atoms with van der Waals surface area (Å²) in [5.41, 5.74) is 0.677. The van der Waals surface area contributed by atoms with Crippen molar-refractivity contribution in [3.63, 3.8) is 0 Å². The van der Waals surface area contributed by atoms with E-state index in [1.807, 2.05) is 0 Å². The molecule has 0 aromatic heterocycles. The van der Waals surface area contributed by atoms with Gasteiger partial charge < -0.3 is 10.1 Å². The van der Waals surface area contributed by atoms with Gasteiger partial charge in [0.2, 0.25) is 10.0 Å². The minimum absolute atomic E-state index is 0.0976. The number of sulfonamides is 1. The highest BCUT2D eigenvalue weighted by Gasteiger charge is 2.35. The zero-order valence-electron chi connectivity index (χ0n) is 13.5. The van der Waals surface area contributed by atoms with Gasteiger partial charge in [0.25, 0.3) is 5.91 Å². The van der Waals surface area contributed by atoms with E-state index in [2.05, 4.69) is 5.32 Å². The number of nitrogens with zero attached hydrogens (tertiary/aromatic N) is 1. The molecule has 0 radical (unpaired) electrons. The Morgan fingerprint density at radius 3 is 2.76 bits per heavy atom. The Labute approximate surface area is 145 Å². The van der Waals surface area contributed by atoms with Gasteiger partial charge >= 0.3 is 0 Å². The fraction of sp³-hybridized carbons (Fsp3) is 0.235. The van der Waals surface area contributed by atoms with E-state index in [0.29, 0.717) is 11.4 Å². The van der Waals surface area contributed by atoms with Gasteiger partial charge in [-0.1, -0.05) is 18.2 Å². The summed E-state index contributed by atoms with van der Waals surface area (Å²) in [7, 11) is -3.57. The Kier molecular flexibility index (Phi) is 4.63. The van der Waals surface area contributed by atoms with Crippen molar-refractivity contribution in [2.75, 3.05) is 21.9 Å². The van der Waals surface area contributed by atoms with Crippen LogP contribution in [0.15, 0.2) is 48.5 Å². The van der Waals surface area contributed by atoms with E-state index in [1.165, 1.54) is 35.5 Å². The number of benzene rings is 2. The van der Waals surface area contributed by atoms with Crippen LogP contribution < -0.4 is 14.4 Å². The monoisotopic (exact) mass is 364 g/mol. The van der Waals surface area contributed by atoms with Crippen molar-refractivity contribution in [3.8, 4) is 5.75 Å². The minimum atomic E-state index is -3.57. The lowest BCUT2D eigenvalue weighted by Crippen LogP contribution is -2.49. The van der Waals surface area contributed by atoms with Crippen molar-refractivity contribution < 1.29 is 22.3 Å². The van der Waals surface area contributed by atoms with Gasteiger partial charge in [-0.15, -0.1) is 0 Å². The van der Waals surface area contributed by atoms with Gasteiger partial charge in [0, 0.05) is 5.69 Å². The average molecular weight is 364 g/mol. The van der Waals surface area contributed by atoms with Crippen LogP contribution in [0.1, 0.15) is 6.92 Å². The second-order valence-electron chi connectivity index (χ2n) is 5.51. The third-order valence-corrected chi connectivity index (χ3v) is 5.57. The van der Waals surface area contributed by atoms with Crippen LogP contribution in [0.4, 0.5) is 15.8 Å². The molecule has 1 heterocycles. The van der Waals surface area contributed by atoms with Crippen LogP contribution in [0.3, 0.4) is 0 Å². The summed E-state index contributed by atoms with van der Waals surface area (Å²) in [5, 5.41) is 2.55. The molecule has 1 aliphatic heterocycles. The van der Waals surface area contributed by atoms with Gasteiger partial charge in [-0.3, -0.25) is 9.10 Å². The lowest BCUT2D eigenvalue weighted by Gasteiger charge is -2.34. The van der Waals surface area contributed by atoms with Crippen LogP contribution in [0.5, 0.6) is 5.75 Å². The van der Waals surface area contributed by atoms with Gasteiger partial charge in [0.05, 0.1) is 18.0 Å². The van der Waals surface area contributed by atoms with Gasteiger partial charge in [-0.25, -0.2) is 12.8 Å². The summed E-state index contributed by atoms with van der Waals surface area (Å²) in [6.45, 7) is 1.39. The third-order valence-electron chi connectivity index (χ3n) is 3.82. The van der Waals surface area contributed by atoms with E-state index in [9.17, 15) is 17.6 Å². The molecule has 0 spiro atoms. The number of fused-ring (bicyclic) bond motifs is 1. The number of para-hydroxylation sites is 2. The topological polar surface area (TPSA) is 75.7 Å². The maximum absolute atomic E-state index is 13.3. The molecule has 1 aliphatic rings. The predicted molar refractivity (Wildman–Crippen MR) is 92.7 cm³/mol. The Bertz CT molecular complexity index is 901. The number of amides is 1. The first-order chi connectivity index (χ1) is 11.9. The second kappa shape index (κ2) is 6.72. The van der Waals surface area contributed by atoms with Crippen molar-refractivity contribution in [3.05, 3.63) is 54.3 Å². The van der Waals surface area contributed by atoms with Crippen molar-refractivity contribution in [1.82, 2.24) is 0 Å². The highest BCUT2D eigenvalue weighted by atomic mass is 32.2. The fourth-order valence-electron chi connectivity index (χ4n) is 2.55. The van der Waals surface area contributed by atoms with Crippen LogP contribution in [-0.4, -0.2) is 32.7 Å². The number of rotatable bonds is 4. The summed E-state index contributed by atoms with van der Waals surface area (Å²) >= 11 is 0. The number of ether oxygens (including phenoxy) is 1. The SMILES string of the molecule is CCS(=O)(=O)N1CC(C(=O)Nc2cccc(F)c2)Oc2ccccc21. The summed E-state index contributed by atoms with van der Waals surface area (Å²) in [4.78, 5) is 12.5. The zero-order valence-corrected chi connectivity index (χ0v) is 14.3. The van der Waals surface area contributed by atoms with Crippen LogP contribution in [0.25, 0.3) is 0 Å². The lowest BCUT2D eigenvalue weighted by molar-refractivity contribution is -0.122. The van der Waals surface area contributed by atoms with E-state index >= 15 is 0 Å². The summed E-state index contributed by atoms with van der Waals surface area (Å²) in [5.74, 6) is -0.816. The Balaban J connectivity index is 1.87. The normalized spacial score (nSPS) is 16.7. The number of carbonyl (C=O) groups excluding carboxylic acids is 1. The highest BCUT2D eigenvalue weighted by Crippen LogP contribution is 2.35. The third kappa shape index (κ3) is 3.58. The van der Waals surface area contributed by atoms with Crippen LogP contribution >= 0.6 is 0 Å². The zero-order chi connectivity index (χ0) is 18.0. The molecule has 0 aliphatic carbocycles. The maximum atomic E-state index is 13.3. The Morgan fingerprint density at radius 1 is 1.28 bits per heavy atom. The molecule has 2 aromatic carbocycles. The Morgan fingerprint density at radius 2 is 2.04 bits per heavy atom. The highest BCUT2D eigenvalue weighted by molar-refractivity contribution is 7.92. The molecule has 2 aromatic rings. The smallest absolute Gasteiger partial charge is 0.267 e. The molecule has 8 heteroatoms. The largest absolute Gasteiger partial charge is 0.476 e. The summed E-state index contributed by atoms with van der Waals surface area (Å²) in [6.07, 6.45) is -1.04. The molecule has 1 atom stereocenters. The summed E-state index contributed by atoms with van der Waals surface area (Å²) < 4.78 is 44.8. The lowest BCUT2D eigenvalue weighted by atomic mass is 10.2. The van der Waals surface area contributed by atoms with E-state index in [1.54, 1.807) is 24.3 Å². The molecule has 0 bridgehead atoms. The number of nitrogens with one attached hydrogen (secondary N) is 1. The number of hydrogen-bond donors (Lipinski definition) is 1. The molecule has 0 saturated heterocycles. The molecule has 25 heavy (non-hydrogen) atoms. The van der Waals surface area contributed by atoms with Gasteiger partial charge in [-0.05, 0) is 37.3 Å². The second-order valence-corrected chi connectivity index (χ2v) is 7.69. The first kappa shape index (κ1) is 17.2. The van der Waals surface area contributed by atoms with Crippen molar-refractivity contribution in [2.24, 2.45) is 0 Å². The van der Waals surface area contributed by atoms with E-state index in [4.69, 9.17) is 4.74 Å². The first-order valence-corrected chi connectivity index (χ1v) is 9.34.